The molecule has 4 nitrogen and oxygen atoms in total. The number of carbonyl (C=O) groups excluding carboxylic acids is 1. The molecule has 1 amide bonds. The van der Waals surface area contributed by atoms with E-state index in [1.807, 2.05) is 6.92 Å². The molecular formula is C20H26N2O2. The smallest absolute Gasteiger partial charge is 0.273 e. The number of hydrogen-bond donors (Lipinski definition) is 1. The minimum atomic E-state index is -0.234. The summed E-state index contributed by atoms with van der Waals surface area (Å²) in [7, 11) is 0. The van der Waals surface area contributed by atoms with Crippen molar-refractivity contribution >= 4 is 5.91 Å². The Kier molecular flexibility index (Phi) is 5.60. The second-order valence-electron chi connectivity index (χ2n) is 7.27. The van der Waals surface area contributed by atoms with Gasteiger partial charge in [-0.05, 0) is 29.9 Å². The Balaban J connectivity index is 1.91. The lowest BCUT2D eigenvalue weighted by molar-refractivity contribution is 0.0948. The van der Waals surface area contributed by atoms with Gasteiger partial charge in [-0.2, -0.15) is 0 Å². The van der Waals surface area contributed by atoms with Crippen LogP contribution in [0, 0.1) is 0 Å². The van der Waals surface area contributed by atoms with E-state index in [4.69, 9.17) is 4.52 Å². The third-order valence-electron chi connectivity index (χ3n) is 3.82. The van der Waals surface area contributed by atoms with E-state index in [9.17, 15) is 4.79 Å². The van der Waals surface area contributed by atoms with Crippen molar-refractivity contribution in [2.24, 2.45) is 0 Å². The molecule has 4 heteroatoms. The molecule has 1 aromatic carbocycles. The van der Waals surface area contributed by atoms with Crippen LogP contribution in [0.25, 0.3) is 0 Å². The zero-order valence-corrected chi connectivity index (χ0v) is 15.0. The molecule has 0 aliphatic carbocycles. The van der Waals surface area contributed by atoms with Crippen molar-refractivity contribution in [3.63, 3.8) is 0 Å². The highest BCUT2D eigenvalue weighted by Crippen LogP contribution is 2.22. The molecule has 0 fully saturated rings. The molecule has 2 rings (SSSR count). The molecule has 0 spiro atoms. The number of aryl methyl sites for hydroxylation is 2. The van der Waals surface area contributed by atoms with Crippen LogP contribution in [0.15, 0.2) is 47.0 Å². The van der Waals surface area contributed by atoms with E-state index >= 15 is 0 Å². The van der Waals surface area contributed by atoms with Crippen LogP contribution in [-0.4, -0.2) is 17.6 Å². The Morgan fingerprint density at radius 1 is 1.21 bits per heavy atom. The Morgan fingerprint density at radius 3 is 2.46 bits per heavy atom. The van der Waals surface area contributed by atoms with Crippen molar-refractivity contribution in [2.75, 3.05) is 6.54 Å². The van der Waals surface area contributed by atoms with Crippen LogP contribution in [0.4, 0.5) is 0 Å². The van der Waals surface area contributed by atoms with Gasteiger partial charge in [0.1, 0.15) is 5.76 Å². The molecule has 0 unspecified atom stereocenters. The summed E-state index contributed by atoms with van der Waals surface area (Å²) in [6.45, 7) is 12.7. The highest BCUT2D eigenvalue weighted by Gasteiger charge is 2.14. The summed E-state index contributed by atoms with van der Waals surface area (Å²) in [5.74, 6) is 0.484. The van der Waals surface area contributed by atoms with Gasteiger partial charge in [-0.3, -0.25) is 4.79 Å². The summed E-state index contributed by atoms with van der Waals surface area (Å²) in [4.78, 5) is 11.9. The second-order valence-corrected chi connectivity index (χ2v) is 7.27. The number of nitrogens with zero attached hydrogens (tertiary/aromatic N) is 1. The first-order valence-electron chi connectivity index (χ1n) is 8.23. The minimum Gasteiger partial charge on any atom is -0.361 e. The second kappa shape index (κ2) is 7.47. The molecule has 0 aliphatic heterocycles. The molecular weight excluding hydrogens is 300 g/mol. The zero-order chi connectivity index (χ0) is 17.7. The van der Waals surface area contributed by atoms with Gasteiger partial charge in [0, 0.05) is 19.0 Å². The van der Waals surface area contributed by atoms with Crippen molar-refractivity contribution < 1.29 is 9.32 Å². The van der Waals surface area contributed by atoms with Crippen molar-refractivity contribution in [3.05, 3.63) is 65.1 Å². The first-order chi connectivity index (χ1) is 11.3. The van der Waals surface area contributed by atoms with Crippen LogP contribution in [0.2, 0.25) is 0 Å². The molecule has 24 heavy (non-hydrogen) atoms. The van der Waals surface area contributed by atoms with Crippen LogP contribution in [-0.2, 0) is 18.3 Å². The van der Waals surface area contributed by atoms with Crippen molar-refractivity contribution in [1.29, 1.82) is 0 Å². The lowest BCUT2D eigenvalue weighted by Gasteiger charge is -2.19. The molecule has 0 atom stereocenters. The van der Waals surface area contributed by atoms with Crippen LogP contribution < -0.4 is 5.32 Å². The van der Waals surface area contributed by atoms with Gasteiger partial charge in [0.05, 0.1) is 0 Å². The predicted molar refractivity (Wildman–Crippen MR) is 96.2 cm³/mol. The Hall–Kier alpha value is -2.36. The molecule has 1 aromatic heterocycles. The van der Waals surface area contributed by atoms with Gasteiger partial charge < -0.3 is 9.84 Å². The molecule has 0 bridgehead atoms. The van der Waals surface area contributed by atoms with Gasteiger partial charge in [0.2, 0.25) is 0 Å². The number of nitrogens with one attached hydrogen (secondary N) is 1. The van der Waals surface area contributed by atoms with Gasteiger partial charge in [0.15, 0.2) is 5.69 Å². The predicted octanol–water partition coefficient (Wildman–Crippen LogP) is 4.06. The van der Waals surface area contributed by atoms with Crippen molar-refractivity contribution in [2.45, 2.75) is 46.0 Å². The molecule has 0 aliphatic rings. The lowest BCUT2D eigenvalue weighted by Crippen LogP contribution is -2.25. The summed E-state index contributed by atoms with van der Waals surface area (Å²) in [5.41, 5.74) is 3.94. The number of benzene rings is 1. The fourth-order valence-electron chi connectivity index (χ4n) is 2.30. The Morgan fingerprint density at radius 2 is 1.88 bits per heavy atom. The molecule has 1 heterocycles. The third kappa shape index (κ3) is 5.08. The third-order valence-corrected chi connectivity index (χ3v) is 3.82. The van der Waals surface area contributed by atoms with Crippen LogP contribution in [0.3, 0.4) is 0 Å². The van der Waals surface area contributed by atoms with E-state index in [0.717, 1.165) is 24.2 Å². The highest BCUT2D eigenvalue weighted by atomic mass is 16.5. The number of amides is 1. The quantitative estimate of drug-likeness (QED) is 0.814. The fraction of sp³-hybridized carbons (Fsp3) is 0.400. The normalized spacial score (nSPS) is 11.3. The highest BCUT2D eigenvalue weighted by molar-refractivity contribution is 5.92. The molecule has 128 valence electrons. The topological polar surface area (TPSA) is 55.1 Å². The molecule has 2 aromatic rings. The molecule has 1 N–H and O–H groups in total. The first kappa shape index (κ1) is 18.0. The van der Waals surface area contributed by atoms with Crippen LogP contribution >= 0.6 is 0 Å². The van der Waals surface area contributed by atoms with Gasteiger partial charge in [-0.15, -0.1) is 0 Å². The Labute approximate surface area is 143 Å². The monoisotopic (exact) mass is 326 g/mol. The van der Waals surface area contributed by atoms with Crippen LogP contribution in [0.5, 0.6) is 0 Å². The fourth-order valence-corrected chi connectivity index (χ4v) is 2.30. The number of carbonyl (C=O) groups is 1. The molecule has 0 saturated carbocycles. The molecule has 0 radical (unpaired) electrons. The van der Waals surface area contributed by atoms with Crippen molar-refractivity contribution in [3.8, 4) is 0 Å². The summed E-state index contributed by atoms with van der Waals surface area (Å²) in [5, 5.41) is 6.58. The first-order valence-corrected chi connectivity index (χ1v) is 8.23. The van der Waals surface area contributed by atoms with E-state index < -0.39 is 0 Å². The van der Waals surface area contributed by atoms with Gasteiger partial charge >= 0.3 is 0 Å². The summed E-state index contributed by atoms with van der Waals surface area (Å²) in [6, 6.07) is 10.4. The van der Waals surface area contributed by atoms with Crippen LogP contribution in [0.1, 0.15) is 55.1 Å². The summed E-state index contributed by atoms with van der Waals surface area (Å²) < 4.78 is 5.26. The average Bonchev–Trinajstić information content (AvgIpc) is 2.99. The van der Waals surface area contributed by atoms with Gasteiger partial charge in [0.25, 0.3) is 5.91 Å². The maximum atomic E-state index is 11.9. The minimum absolute atomic E-state index is 0.162. The van der Waals surface area contributed by atoms with E-state index in [1.165, 1.54) is 11.1 Å². The number of rotatable bonds is 6. The van der Waals surface area contributed by atoms with Gasteiger partial charge in [-0.25, -0.2) is 0 Å². The van der Waals surface area contributed by atoms with E-state index in [1.54, 1.807) is 6.07 Å². The zero-order valence-electron chi connectivity index (χ0n) is 15.0. The molecule has 0 saturated heterocycles. The standard InChI is InChI=1S/C20H26N2O2/c1-14(2)13-21-19(23)18-12-17(24-22-18)11-8-15-6-9-16(10-7-15)20(3,4)5/h6-7,9-10,12H,1,8,11,13H2,2-5H3,(H,21,23). The number of aromatic nitrogens is 1. The lowest BCUT2D eigenvalue weighted by atomic mass is 9.86. The van der Waals surface area contributed by atoms with E-state index in [2.05, 4.69) is 62.1 Å². The maximum Gasteiger partial charge on any atom is 0.273 e. The Bertz CT molecular complexity index is 706. The van der Waals surface area contributed by atoms with Gasteiger partial charge in [-0.1, -0.05) is 62.3 Å². The van der Waals surface area contributed by atoms with E-state index in [-0.39, 0.29) is 11.3 Å². The largest absolute Gasteiger partial charge is 0.361 e. The summed E-state index contributed by atoms with van der Waals surface area (Å²) >= 11 is 0. The average molecular weight is 326 g/mol. The van der Waals surface area contributed by atoms with E-state index in [0.29, 0.717) is 12.2 Å². The SMILES string of the molecule is C=C(C)CNC(=O)c1cc(CCc2ccc(C(C)(C)C)cc2)on1. The number of hydrogen-bond acceptors (Lipinski definition) is 3. The summed E-state index contributed by atoms with van der Waals surface area (Å²) in [6.07, 6.45) is 1.57. The maximum absolute atomic E-state index is 11.9. The van der Waals surface area contributed by atoms with Crippen molar-refractivity contribution in [1.82, 2.24) is 10.5 Å².